The smallest absolute Gasteiger partial charge is 0.326 e. The number of nitrogens with one attached hydrogen (secondary N) is 3. The van der Waals surface area contributed by atoms with E-state index in [0.29, 0.717) is 31.4 Å². The molecule has 0 saturated carbocycles. The number of hydrogen-bond acceptors (Lipinski definition) is 9. The molecule has 0 heterocycles. The van der Waals surface area contributed by atoms with Gasteiger partial charge in [0.25, 0.3) is 0 Å². The molecule has 14 N–H and O–H groups in total. The van der Waals surface area contributed by atoms with Crippen molar-refractivity contribution in [2.45, 2.75) is 69.1 Å². The van der Waals surface area contributed by atoms with E-state index in [1.54, 1.807) is 0 Å². The summed E-state index contributed by atoms with van der Waals surface area (Å²) < 4.78 is 0. The van der Waals surface area contributed by atoms with Gasteiger partial charge in [0.1, 0.15) is 23.9 Å². The molecular formula is C25H40N8O8. The maximum Gasteiger partial charge on any atom is 0.326 e. The van der Waals surface area contributed by atoms with E-state index in [4.69, 9.17) is 28.0 Å². The van der Waals surface area contributed by atoms with E-state index in [0.717, 1.165) is 0 Å². The van der Waals surface area contributed by atoms with Crippen molar-refractivity contribution < 1.29 is 39.3 Å². The normalized spacial score (nSPS) is 13.6. The van der Waals surface area contributed by atoms with E-state index in [1.807, 2.05) is 0 Å². The molecule has 0 aliphatic carbocycles. The predicted octanol–water partition coefficient (Wildman–Crippen LogP) is -2.54. The van der Waals surface area contributed by atoms with E-state index in [9.17, 15) is 34.2 Å². The molecule has 0 fully saturated rings. The highest BCUT2D eigenvalue weighted by Gasteiger charge is 2.31. The number of guanidine groups is 1. The number of amides is 3. The van der Waals surface area contributed by atoms with Gasteiger partial charge in [0.15, 0.2) is 5.96 Å². The summed E-state index contributed by atoms with van der Waals surface area (Å²) in [7, 11) is 0. The largest absolute Gasteiger partial charge is 0.508 e. The number of aliphatic imine (C=N–C) groups is 1. The second-order valence-corrected chi connectivity index (χ2v) is 9.33. The van der Waals surface area contributed by atoms with Crippen molar-refractivity contribution >= 4 is 35.6 Å². The Balaban J connectivity index is 3.10. The van der Waals surface area contributed by atoms with Crippen LogP contribution in [0.25, 0.3) is 0 Å². The summed E-state index contributed by atoms with van der Waals surface area (Å²) in [5.41, 5.74) is 22.6. The summed E-state index contributed by atoms with van der Waals surface area (Å²) in [6, 6.07) is 0.522. The number of carbonyl (C=O) groups is 5. The van der Waals surface area contributed by atoms with Crippen molar-refractivity contribution in [3.05, 3.63) is 29.8 Å². The summed E-state index contributed by atoms with van der Waals surface area (Å²) in [5.74, 6) is -5.47. The Morgan fingerprint density at radius 1 is 0.805 bits per heavy atom. The monoisotopic (exact) mass is 580 g/mol. The maximum atomic E-state index is 13.3. The lowest BCUT2D eigenvalue weighted by atomic mass is 10.0. The highest BCUT2D eigenvalue weighted by molar-refractivity contribution is 5.94. The number of carboxylic acids is 2. The third-order valence-corrected chi connectivity index (χ3v) is 5.89. The Morgan fingerprint density at radius 3 is 1.95 bits per heavy atom. The number of aliphatic carboxylic acids is 2. The van der Waals surface area contributed by atoms with Gasteiger partial charge in [-0.05, 0) is 56.3 Å². The molecule has 16 heteroatoms. The number of phenols is 1. The van der Waals surface area contributed by atoms with E-state index < -0.39 is 60.2 Å². The molecule has 0 aliphatic heterocycles. The second kappa shape index (κ2) is 18.0. The molecule has 4 unspecified atom stereocenters. The standard InChI is InChI=1S/C25H40N8O8/c26-10-2-1-5-17(31-21(37)16(27)4-3-11-30-25(28)29)22(38)32-18(12-14-6-8-15(34)9-7-14)23(39)33-19(24(40)41)13-20(35)36/h6-9,16-19,34H,1-5,10-13,26-27H2,(H,31,37)(H,32,38)(H,33,39)(H,35,36)(H,40,41)(H4,28,29,30). The third-order valence-electron chi connectivity index (χ3n) is 5.89. The van der Waals surface area contributed by atoms with Crippen molar-refractivity contribution in [2.75, 3.05) is 13.1 Å². The average molecular weight is 581 g/mol. The molecule has 1 aromatic rings. The lowest BCUT2D eigenvalue weighted by Crippen LogP contribution is -2.57. The summed E-state index contributed by atoms with van der Waals surface area (Å²) in [4.78, 5) is 65.5. The highest BCUT2D eigenvalue weighted by Crippen LogP contribution is 2.12. The van der Waals surface area contributed by atoms with Gasteiger partial charge in [-0.25, -0.2) is 4.79 Å². The van der Waals surface area contributed by atoms with Crippen LogP contribution in [0.5, 0.6) is 5.75 Å². The van der Waals surface area contributed by atoms with Crippen molar-refractivity contribution in [1.29, 1.82) is 0 Å². The van der Waals surface area contributed by atoms with Crippen molar-refractivity contribution in [1.82, 2.24) is 16.0 Å². The van der Waals surface area contributed by atoms with Gasteiger partial charge in [0.05, 0.1) is 12.5 Å². The summed E-state index contributed by atoms with van der Waals surface area (Å²) in [6.07, 6.45) is 0.795. The topological polar surface area (TPSA) is 299 Å². The second-order valence-electron chi connectivity index (χ2n) is 9.33. The van der Waals surface area contributed by atoms with Crippen LogP contribution in [0.15, 0.2) is 29.3 Å². The van der Waals surface area contributed by atoms with Gasteiger partial charge in [-0.3, -0.25) is 24.2 Å². The maximum absolute atomic E-state index is 13.3. The van der Waals surface area contributed by atoms with Crippen LogP contribution in [-0.4, -0.2) is 88.2 Å². The number of hydrogen-bond donors (Lipinski definition) is 10. The van der Waals surface area contributed by atoms with Crippen LogP contribution in [0.2, 0.25) is 0 Å². The van der Waals surface area contributed by atoms with Gasteiger partial charge < -0.3 is 54.2 Å². The molecule has 3 amide bonds. The van der Waals surface area contributed by atoms with E-state index in [2.05, 4.69) is 20.9 Å². The van der Waals surface area contributed by atoms with E-state index >= 15 is 0 Å². The first-order valence-electron chi connectivity index (χ1n) is 13.0. The van der Waals surface area contributed by atoms with Gasteiger partial charge in [-0.15, -0.1) is 0 Å². The number of aromatic hydroxyl groups is 1. The molecule has 1 rings (SSSR count). The van der Waals surface area contributed by atoms with E-state index in [-0.39, 0.29) is 37.5 Å². The molecule has 228 valence electrons. The van der Waals surface area contributed by atoms with Crippen LogP contribution in [-0.2, 0) is 30.4 Å². The molecule has 0 aromatic heterocycles. The highest BCUT2D eigenvalue weighted by atomic mass is 16.4. The Labute approximate surface area is 236 Å². The van der Waals surface area contributed by atoms with E-state index in [1.165, 1.54) is 24.3 Å². The Morgan fingerprint density at radius 2 is 1.39 bits per heavy atom. The summed E-state index contributed by atoms with van der Waals surface area (Å²) in [5, 5.41) is 35.1. The minimum Gasteiger partial charge on any atom is -0.508 e. The van der Waals surface area contributed by atoms with Crippen molar-refractivity contribution in [3.63, 3.8) is 0 Å². The number of carbonyl (C=O) groups excluding carboxylic acids is 3. The Bertz CT molecular complexity index is 1060. The fourth-order valence-electron chi connectivity index (χ4n) is 3.69. The quantitative estimate of drug-likeness (QED) is 0.0460. The van der Waals surface area contributed by atoms with Crippen LogP contribution in [0, 0.1) is 0 Å². The van der Waals surface area contributed by atoms with Gasteiger partial charge in [-0.1, -0.05) is 12.1 Å². The van der Waals surface area contributed by atoms with Crippen LogP contribution in [0.1, 0.15) is 44.1 Å². The number of nitrogens with zero attached hydrogens (tertiary/aromatic N) is 1. The number of nitrogens with two attached hydrogens (primary N) is 4. The first kappa shape index (κ1) is 34.6. The molecule has 0 aliphatic rings. The van der Waals surface area contributed by atoms with Gasteiger partial charge in [0, 0.05) is 13.0 Å². The molecule has 0 bridgehead atoms. The van der Waals surface area contributed by atoms with Crippen LogP contribution < -0.4 is 38.9 Å². The van der Waals surface area contributed by atoms with Crippen molar-refractivity contribution in [2.24, 2.45) is 27.9 Å². The number of phenolic OH excluding ortho intramolecular Hbond substituents is 1. The lowest BCUT2D eigenvalue weighted by Gasteiger charge is -2.25. The molecular weight excluding hydrogens is 540 g/mol. The molecule has 41 heavy (non-hydrogen) atoms. The Hall–Kier alpha value is -4.44. The fourth-order valence-corrected chi connectivity index (χ4v) is 3.69. The SMILES string of the molecule is NCCCCC(NC(=O)C(N)CCCN=C(N)N)C(=O)NC(Cc1ccc(O)cc1)C(=O)NC(CC(=O)O)C(=O)O. The number of rotatable bonds is 19. The molecule has 0 saturated heterocycles. The summed E-state index contributed by atoms with van der Waals surface area (Å²) in [6.45, 7) is 0.607. The lowest BCUT2D eigenvalue weighted by molar-refractivity contribution is -0.147. The first-order valence-corrected chi connectivity index (χ1v) is 13.0. The zero-order valence-corrected chi connectivity index (χ0v) is 22.6. The van der Waals surface area contributed by atoms with Gasteiger partial charge in [0.2, 0.25) is 17.7 Å². The molecule has 0 spiro atoms. The van der Waals surface area contributed by atoms with Crippen LogP contribution >= 0.6 is 0 Å². The number of unbranched alkanes of at least 4 members (excludes halogenated alkanes) is 1. The minimum atomic E-state index is -1.75. The molecule has 1 aromatic carbocycles. The number of carboxylic acid groups (broad SMARTS) is 2. The molecule has 16 nitrogen and oxygen atoms in total. The van der Waals surface area contributed by atoms with Crippen LogP contribution in [0.3, 0.4) is 0 Å². The minimum absolute atomic E-state index is 0.0384. The average Bonchev–Trinajstić information content (AvgIpc) is 2.90. The summed E-state index contributed by atoms with van der Waals surface area (Å²) >= 11 is 0. The van der Waals surface area contributed by atoms with Crippen molar-refractivity contribution in [3.8, 4) is 5.75 Å². The van der Waals surface area contributed by atoms with Gasteiger partial charge in [-0.2, -0.15) is 0 Å². The Kier molecular flexibility index (Phi) is 15.2. The molecule has 0 radical (unpaired) electrons. The van der Waals surface area contributed by atoms with Gasteiger partial charge >= 0.3 is 11.9 Å². The fraction of sp³-hybridized carbons (Fsp3) is 0.520. The third kappa shape index (κ3) is 14.0. The predicted molar refractivity (Wildman–Crippen MR) is 148 cm³/mol. The first-order chi connectivity index (χ1) is 19.3. The zero-order valence-electron chi connectivity index (χ0n) is 22.6. The zero-order chi connectivity index (χ0) is 30.9. The number of benzene rings is 1. The molecule has 4 atom stereocenters. The van der Waals surface area contributed by atoms with Crippen LogP contribution in [0.4, 0.5) is 0 Å².